The molecule has 1 heterocycles. The van der Waals surface area contributed by atoms with Crippen LogP contribution in [0.1, 0.15) is 26.7 Å². The van der Waals surface area contributed by atoms with E-state index in [0.717, 1.165) is 30.7 Å². The van der Waals surface area contributed by atoms with Gasteiger partial charge in [0.2, 0.25) is 10.0 Å². The Bertz CT molecular complexity index is 757. The lowest BCUT2D eigenvalue weighted by atomic mass is 10.3. The second-order valence-corrected chi connectivity index (χ2v) is 9.15. The normalized spacial score (nSPS) is 15.3. The molecule has 7 nitrogen and oxygen atoms in total. The van der Waals surface area contributed by atoms with Crippen molar-refractivity contribution in [2.45, 2.75) is 36.5 Å². The molecule has 0 radical (unpaired) electrons. The van der Waals surface area contributed by atoms with Gasteiger partial charge in [0.05, 0.1) is 14.7 Å². The maximum absolute atomic E-state index is 12.6. The van der Waals surface area contributed by atoms with Crippen molar-refractivity contribution in [3.8, 4) is 0 Å². The Hall–Kier alpha value is -1.23. The fraction of sp³-hybridized carbons (Fsp3) is 0.533. The van der Waals surface area contributed by atoms with Gasteiger partial charge in [-0.05, 0) is 38.8 Å². The molecule has 0 aliphatic carbocycles. The zero-order valence-corrected chi connectivity index (χ0v) is 16.6. The van der Waals surface area contributed by atoms with Crippen LogP contribution in [0, 0.1) is 10.1 Å². The molecule has 0 spiro atoms. The van der Waals surface area contributed by atoms with Crippen LogP contribution in [0.3, 0.4) is 0 Å². The zero-order valence-electron chi connectivity index (χ0n) is 14.2. The molecule has 1 aromatic carbocycles. The predicted octanol–water partition coefficient (Wildman–Crippen LogP) is 3.10. The van der Waals surface area contributed by atoms with E-state index in [4.69, 9.17) is 12.2 Å². The molecule has 0 aromatic heterocycles. The Morgan fingerprint density at radius 1 is 1.32 bits per heavy atom. The Balaban J connectivity index is 2.35. The topological polar surface area (TPSA) is 83.8 Å². The van der Waals surface area contributed by atoms with E-state index in [0.29, 0.717) is 35.4 Å². The van der Waals surface area contributed by atoms with Crippen molar-refractivity contribution in [1.82, 2.24) is 9.21 Å². The first-order valence-electron chi connectivity index (χ1n) is 8.06. The Kier molecular flexibility index (Phi) is 6.78. The third kappa shape index (κ3) is 4.49. The quantitative estimate of drug-likeness (QED) is 0.312. The lowest BCUT2D eigenvalue weighted by molar-refractivity contribution is -0.387. The molecule has 10 heteroatoms. The first kappa shape index (κ1) is 20.1. The van der Waals surface area contributed by atoms with Gasteiger partial charge in [-0.1, -0.05) is 24.0 Å². The Labute approximate surface area is 157 Å². The summed E-state index contributed by atoms with van der Waals surface area (Å²) in [7, 11) is -3.69. The number of benzene rings is 1. The number of thiocarbonyl (C=S) groups is 1. The van der Waals surface area contributed by atoms with Crippen molar-refractivity contribution in [3.05, 3.63) is 28.3 Å². The molecular weight excluding hydrogens is 382 g/mol. The third-order valence-corrected chi connectivity index (χ3v) is 7.45. The van der Waals surface area contributed by atoms with E-state index < -0.39 is 14.9 Å². The average molecular weight is 404 g/mol. The molecule has 0 saturated carbocycles. The highest BCUT2D eigenvalue weighted by Crippen LogP contribution is 2.34. The second kappa shape index (κ2) is 8.43. The molecule has 1 saturated heterocycles. The number of sulfonamides is 1. The molecule has 1 fully saturated rings. The lowest BCUT2D eigenvalue weighted by Crippen LogP contribution is -2.28. The minimum atomic E-state index is -3.69. The maximum atomic E-state index is 12.6. The van der Waals surface area contributed by atoms with Crippen LogP contribution in [0.4, 0.5) is 5.69 Å². The smallest absolute Gasteiger partial charge is 0.284 e. The van der Waals surface area contributed by atoms with Gasteiger partial charge in [0.1, 0.15) is 4.32 Å². The summed E-state index contributed by atoms with van der Waals surface area (Å²) < 4.78 is 27.1. The number of nitro benzene ring substituents is 1. The van der Waals surface area contributed by atoms with Crippen LogP contribution < -0.4 is 0 Å². The van der Waals surface area contributed by atoms with Crippen LogP contribution in [-0.4, -0.2) is 53.0 Å². The summed E-state index contributed by atoms with van der Waals surface area (Å²) in [5, 5.41) is 11.4. The number of hydrogen-bond acceptors (Lipinski definition) is 6. The van der Waals surface area contributed by atoms with Gasteiger partial charge in [-0.2, -0.15) is 4.31 Å². The van der Waals surface area contributed by atoms with E-state index in [-0.39, 0.29) is 10.6 Å². The van der Waals surface area contributed by atoms with Crippen LogP contribution in [0.25, 0.3) is 0 Å². The summed E-state index contributed by atoms with van der Waals surface area (Å²) in [5.74, 6) is 0. The zero-order chi connectivity index (χ0) is 18.6. The molecule has 1 aromatic rings. The van der Waals surface area contributed by atoms with Crippen molar-refractivity contribution in [1.29, 1.82) is 0 Å². The fourth-order valence-corrected chi connectivity index (χ4v) is 5.62. The summed E-state index contributed by atoms with van der Waals surface area (Å²) in [6, 6.07) is 4.04. The molecule has 0 amide bonds. The molecule has 0 bridgehead atoms. The Morgan fingerprint density at radius 2 is 1.92 bits per heavy atom. The van der Waals surface area contributed by atoms with Gasteiger partial charge in [-0.25, -0.2) is 8.42 Å². The van der Waals surface area contributed by atoms with Crippen LogP contribution in [-0.2, 0) is 10.0 Å². The number of thioether (sulfide) groups is 1. The number of nitro groups is 1. The Morgan fingerprint density at radius 3 is 2.44 bits per heavy atom. The molecule has 1 aliphatic heterocycles. The summed E-state index contributed by atoms with van der Waals surface area (Å²) in [5.41, 5.74) is -0.236. The standard InChI is InChI=1S/C15H21N3O4S3/c1-3-16(4-2)15(23)24-14-8-7-12(11-13(14)18(19)20)25(21,22)17-9-5-6-10-17/h7-8,11H,3-6,9-10H2,1-2H3. The van der Waals surface area contributed by atoms with Crippen molar-refractivity contribution in [3.63, 3.8) is 0 Å². The highest BCUT2D eigenvalue weighted by molar-refractivity contribution is 8.23. The van der Waals surface area contributed by atoms with E-state index in [1.807, 2.05) is 18.7 Å². The molecule has 0 N–H and O–H groups in total. The van der Waals surface area contributed by atoms with Gasteiger partial charge in [0.25, 0.3) is 5.69 Å². The minimum Gasteiger partial charge on any atom is -0.358 e. The van der Waals surface area contributed by atoms with Gasteiger partial charge in [0, 0.05) is 32.2 Å². The molecule has 25 heavy (non-hydrogen) atoms. The third-order valence-electron chi connectivity index (χ3n) is 4.05. The van der Waals surface area contributed by atoms with Crippen molar-refractivity contribution in [2.24, 2.45) is 0 Å². The van der Waals surface area contributed by atoms with Gasteiger partial charge in [-0.15, -0.1) is 0 Å². The molecule has 0 atom stereocenters. The fourth-order valence-electron chi connectivity index (χ4n) is 2.60. The van der Waals surface area contributed by atoms with E-state index >= 15 is 0 Å². The number of hydrogen-bond donors (Lipinski definition) is 0. The number of rotatable bonds is 6. The van der Waals surface area contributed by atoms with Gasteiger partial charge >= 0.3 is 0 Å². The first-order valence-corrected chi connectivity index (χ1v) is 10.7. The molecule has 0 unspecified atom stereocenters. The summed E-state index contributed by atoms with van der Waals surface area (Å²) in [4.78, 5) is 13.1. The first-order chi connectivity index (χ1) is 11.8. The van der Waals surface area contributed by atoms with E-state index in [2.05, 4.69) is 0 Å². The molecule has 138 valence electrons. The van der Waals surface area contributed by atoms with Crippen molar-refractivity contribution in [2.75, 3.05) is 26.2 Å². The van der Waals surface area contributed by atoms with Gasteiger partial charge in [-0.3, -0.25) is 10.1 Å². The monoisotopic (exact) mass is 403 g/mol. The van der Waals surface area contributed by atoms with E-state index in [1.54, 1.807) is 0 Å². The van der Waals surface area contributed by atoms with Crippen LogP contribution >= 0.6 is 24.0 Å². The molecular formula is C15H21N3O4S3. The predicted molar refractivity (Wildman–Crippen MR) is 102 cm³/mol. The van der Waals surface area contributed by atoms with Crippen LogP contribution in [0.2, 0.25) is 0 Å². The van der Waals surface area contributed by atoms with Crippen molar-refractivity contribution < 1.29 is 13.3 Å². The SMILES string of the molecule is CCN(CC)C(=S)Sc1ccc(S(=O)(=O)N2CCCC2)cc1[N+](=O)[O-]. The molecule has 1 aliphatic rings. The maximum Gasteiger partial charge on any atom is 0.284 e. The lowest BCUT2D eigenvalue weighted by Gasteiger charge is -2.21. The van der Waals surface area contributed by atoms with Gasteiger partial charge < -0.3 is 4.90 Å². The minimum absolute atomic E-state index is 0.0424. The summed E-state index contributed by atoms with van der Waals surface area (Å²) >= 11 is 6.45. The second-order valence-electron chi connectivity index (χ2n) is 5.54. The molecule has 2 rings (SSSR count). The highest BCUT2D eigenvalue weighted by Gasteiger charge is 2.29. The van der Waals surface area contributed by atoms with E-state index in [9.17, 15) is 18.5 Å². The van der Waals surface area contributed by atoms with Crippen LogP contribution in [0.15, 0.2) is 28.0 Å². The van der Waals surface area contributed by atoms with Gasteiger partial charge in [0.15, 0.2) is 0 Å². The van der Waals surface area contributed by atoms with E-state index in [1.165, 1.54) is 16.4 Å². The average Bonchev–Trinajstić information content (AvgIpc) is 3.11. The largest absolute Gasteiger partial charge is 0.358 e. The summed E-state index contributed by atoms with van der Waals surface area (Å²) in [6.07, 6.45) is 1.63. The number of nitrogens with zero attached hydrogens (tertiary/aromatic N) is 3. The summed E-state index contributed by atoms with van der Waals surface area (Å²) in [6.45, 7) is 6.24. The highest BCUT2D eigenvalue weighted by atomic mass is 32.2. The van der Waals surface area contributed by atoms with Crippen LogP contribution in [0.5, 0.6) is 0 Å². The van der Waals surface area contributed by atoms with Crippen molar-refractivity contribution >= 4 is 44.0 Å².